The molecule has 0 unspecified atom stereocenters. The fourth-order valence-electron chi connectivity index (χ4n) is 3.81. The lowest BCUT2D eigenvalue weighted by atomic mass is 10.0. The van der Waals surface area contributed by atoms with Gasteiger partial charge in [0.25, 0.3) is 5.91 Å². The molecular weight excluding hydrogens is 463 g/mol. The Kier molecular flexibility index (Phi) is 8.34. The minimum atomic E-state index is -4.60. The predicted octanol–water partition coefficient (Wildman–Crippen LogP) is 2.91. The highest BCUT2D eigenvalue weighted by Gasteiger charge is 2.35. The number of benzene rings is 1. The van der Waals surface area contributed by atoms with Crippen LogP contribution in [-0.4, -0.2) is 66.9 Å². The molecule has 0 atom stereocenters. The molecule has 0 spiro atoms. The van der Waals surface area contributed by atoms with Crippen LogP contribution in [0.3, 0.4) is 0 Å². The van der Waals surface area contributed by atoms with E-state index in [4.69, 9.17) is 15.2 Å². The Morgan fingerprint density at radius 3 is 2.63 bits per heavy atom. The molecule has 2 heterocycles. The summed E-state index contributed by atoms with van der Waals surface area (Å²) in [5.41, 5.74) is 5.40. The van der Waals surface area contributed by atoms with Crippen LogP contribution in [-0.2, 0) is 22.3 Å². The maximum Gasteiger partial charge on any atom is 0.433 e. The lowest BCUT2D eigenvalue weighted by Crippen LogP contribution is -2.56. The normalized spacial score (nSPS) is 15.7. The van der Waals surface area contributed by atoms with Crippen LogP contribution in [0.1, 0.15) is 30.7 Å². The van der Waals surface area contributed by atoms with Crippen molar-refractivity contribution >= 4 is 17.3 Å². The number of anilines is 1. The monoisotopic (exact) mass is 493 g/mol. The number of nitrogens with one attached hydrogen (secondary N) is 1. The number of hydrogen-bond donors (Lipinski definition) is 2. The minimum absolute atomic E-state index is 0.100. The lowest BCUT2D eigenvalue weighted by Gasteiger charge is -2.40. The lowest BCUT2D eigenvalue weighted by molar-refractivity contribution is -0.142. The SMILES string of the molecule is CN=C(C(=O)NCC(C)(C)N1CCOCC1)c1cc(OCc2cccnc2C(F)(F)F)ccc1N. The summed E-state index contributed by atoms with van der Waals surface area (Å²) in [6.07, 6.45) is -3.52. The summed E-state index contributed by atoms with van der Waals surface area (Å²) in [6, 6.07) is 7.25. The minimum Gasteiger partial charge on any atom is -0.489 e. The molecule has 3 rings (SSSR count). The maximum absolute atomic E-state index is 13.2. The van der Waals surface area contributed by atoms with Gasteiger partial charge in [-0.15, -0.1) is 0 Å². The van der Waals surface area contributed by atoms with E-state index in [0.717, 1.165) is 19.3 Å². The molecule has 1 aromatic heterocycles. The van der Waals surface area contributed by atoms with E-state index in [0.29, 0.717) is 25.3 Å². The number of nitrogens with two attached hydrogens (primary N) is 1. The van der Waals surface area contributed by atoms with Crippen LogP contribution < -0.4 is 15.8 Å². The van der Waals surface area contributed by atoms with E-state index in [1.54, 1.807) is 0 Å². The van der Waals surface area contributed by atoms with Crippen molar-refractivity contribution in [3.8, 4) is 5.75 Å². The van der Waals surface area contributed by atoms with Crippen LogP contribution in [0.4, 0.5) is 18.9 Å². The molecule has 35 heavy (non-hydrogen) atoms. The Hall–Kier alpha value is -3.18. The van der Waals surface area contributed by atoms with E-state index in [-0.39, 0.29) is 34.9 Å². The number of carbonyl (C=O) groups is 1. The van der Waals surface area contributed by atoms with Crippen molar-refractivity contribution in [2.75, 3.05) is 45.6 Å². The number of hydrogen-bond acceptors (Lipinski definition) is 7. The Labute approximate surface area is 202 Å². The molecule has 1 aliphatic rings. The van der Waals surface area contributed by atoms with Gasteiger partial charge in [-0.1, -0.05) is 6.07 Å². The molecule has 8 nitrogen and oxygen atoms in total. The Balaban J connectivity index is 1.71. The van der Waals surface area contributed by atoms with E-state index >= 15 is 0 Å². The third-order valence-corrected chi connectivity index (χ3v) is 5.82. The standard InChI is InChI=1S/C24H30F3N5O3/c1-23(2,32-9-11-34-12-10-32)15-31-22(33)20(29-3)18-13-17(6-7-19(18)28)35-14-16-5-4-8-30-21(16)24(25,26)27/h4-8,13H,9-12,14-15,28H2,1-3H3,(H,31,33). The van der Waals surface area contributed by atoms with E-state index in [2.05, 4.69) is 20.2 Å². The Morgan fingerprint density at radius 1 is 1.26 bits per heavy atom. The first kappa shape index (κ1) is 26.4. The molecule has 11 heteroatoms. The average Bonchev–Trinajstić information content (AvgIpc) is 2.83. The van der Waals surface area contributed by atoms with Gasteiger partial charge in [-0.25, -0.2) is 0 Å². The highest BCUT2D eigenvalue weighted by molar-refractivity contribution is 6.46. The van der Waals surface area contributed by atoms with E-state index in [9.17, 15) is 18.0 Å². The topological polar surface area (TPSA) is 102 Å². The first-order valence-electron chi connectivity index (χ1n) is 11.1. The average molecular weight is 494 g/mol. The number of halogens is 3. The van der Waals surface area contributed by atoms with Gasteiger partial charge in [-0.3, -0.25) is 19.7 Å². The zero-order chi connectivity index (χ0) is 25.6. The Morgan fingerprint density at radius 2 is 1.97 bits per heavy atom. The number of pyridine rings is 1. The van der Waals surface area contributed by atoms with Crippen LogP contribution >= 0.6 is 0 Å². The highest BCUT2D eigenvalue weighted by atomic mass is 19.4. The zero-order valence-corrected chi connectivity index (χ0v) is 20.0. The molecule has 1 aliphatic heterocycles. The highest BCUT2D eigenvalue weighted by Crippen LogP contribution is 2.31. The number of aliphatic imine (C=N–C) groups is 1. The number of morpholine rings is 1. The molecule has 0 saturated carbocycles. The quantitative estimate of drug-likeness (QED) is 0.433. The number of amides is 1. The molecule has 1 saturated heterocycles. The number of nitrogens with zero attached hydrogens (tertiary/aromatic N) is 3. The van der Waals surface area contributed by atoms with Crippen LogP contribution in [0.2, 0.25) is 0 Å². The van der Waals surface area contributed by atoms with Gasteiger partial charge in [0.1, 0.15) is 18.1 Å². The second-order valence-corrected chi connectivity index (χ2v) is 8.71. The van der Waals surface area contributed by atoms with E-state index in [1.807, 2.05) is 13.8 Å². The fraction of sp³-hybridized carbons (Fsp3) is 0.458. The molecule has 1 aromatic carbocycles. The summed E-state index contributed by atoms with van der Waals surface area (Å²) >= 11 is 0. The van der Waals surface area contributed by atoms with Gasteiger partial charge >= 0.3 is 6.18 Å². The van der Waals surface area contributed by atoms with Crippen LogP contribution in [0.5, 0.6) is 5.75 Å². The number of carbonyl (C=O) groups excluding carboxylic acids is 1. The van der Waals surface area contributed by atoms with Crippen molar-refractivity contribution in [2.24, 2.45) is 4.99 Å². The van der Waals surface area contributed by atoms with Gasteiger partial charge in [-0.05, 0) is 38.1 Å². The number of rotatable bonds is 8. The number of alkyl halides is 3. The molecule has 2 aromatic rings. The molecular formula is C24H30F3N5O3. The van der Waals surface area contributed by atoms with Gasteiger partial charge in [0.15, 0.2) is 5.69 Å². The predicted molar refractivity (Wildman–Crippen MR) is 126 cm³/mol. The van der Waals surface area contributed by atoms with Gasteiger partial charge in [0, 0.05) is 55.2 Å². The largest absolute Gasteiger partial charge is 0.489 e. The number of ether oxygens (including phenoxy) is 2. The number of aromatic nitrogens is 1. The zero-order valence-electron chi connectivity index (χ0n) is 20.0. The first-order chi connectivity index (χ1) is 16.5. The van der Waals surface area contributed by atoms with E-state index < -0.39 is 17.8 Å². The summed E-state index contributed by atoms with van der Waals surface area (Å²) in [5, 5.41) is 2.92. The second kappa shape index (κ2) is 11.0. The molecule has 3 N–H and O–H groups in total. The second-order valence-electron chi connectivity index (χ2n) is 8.71. The summed E-state index contributed by atoms with van der Waals surface area (Å²) in [4.78, 5) is 22.8. The van der Waals surface area contributed by atoms with Crippen LogP contribution in [0.15, 0.2) is 41.5 Å². The van der Waals surface area contributed by atoms with Crippen molar-refractivity contribution in [1.29, 1.82) is 0 Å². The summed E-state index contributed by atoms with van der Waals surface area (Å²) in [7, 11) is 1.47. The van der Waals surface area contributed by atoms with Crippen molar-refractivity contribution in [2.45, 2.75) is 32.2 Å². The number of nitrogen functional groups attached to an aromatic ring is 1. The van der Waals surface area contributed by atoms with Crippen molar-refractivity contribution < 1.29 is 27.4 Å². The summed E-state index contributed by atoms with van der Waals surface area (Å²) in [5.74, 6) is -0.168. The third kappa shape index (κ3) is 6.70. The van der Waals surface area contributed by atoms with Crippen LogP contribution in [0, 0.1) is 0 Å². The molecule has 0 bridgehead atoms. The maximum atomic E-state index is 13.2. The van der Waals surface area contributed by atoms with Gasteiger partial charge in [0.05, 0.1) is 13.2 Å². The van der Waals surface area contributed by atoms with Gasteiger partial charge < -0.3 is 20.5 Å². The smallest absolute Gasteiger partial charge is 0.433 e. The Bertz CT molecular complexity index is 1070. The van der Waals surface area contributed by atoms with Crippen LogP contribution in [0.25, 0.3) is 0 Å². The van der Waals surface area contributed by atoms with Crippen molar-refractivity contribution in [1.82, 2.24) is 15.2 Å². The van der Waals surface area contributed by atoms with Gasteiger partial charge in [-0.2, -0.15) is 13.2 Å². The third-order valence-electron chi connectivity index (χ3n) is 5.82. The fourth-order valence-corrected chi connectivity index (χ4v) is 3.81. The molecule has 1 amide bonds. The van der Waals surface area contributed by atoms with Crippen molar-refractivity contribution in [3.05, 3.63) is 53.3 Å². The molecule has 190 valence electrons. The summed E-state index contributed by atoms with van der Waals surface area (Å²) in [6.45, 7) is 6.94. The van der Waals surface area contributed by atoms with Crippen molar-refractivity contribution in [3.63, 3.8) is 0 Å². The molecule has 0 radical (unpaired) electrons. The summed E-state index contributed by atoms with van der Waals surface area (Å²) < 4.78 is 50.6. The molecule has 1 fully saturated rings. The van der Waals surface area contributed by atoms with E-state index in [1.165, 1.54) is 37.4 Å². The first-order valence-corrected chi connectivity index (χ1v) is 11.1. The van der Waals surface area contributed by atoms with Gasteiger partial charge in [0.2, 0.25) is 0 Å². The molecule has 0 aliphatic carbocycles.